The van der Waals surface area contributed by atoms with Crippen LogP contribution in [-0.2, 0) is 13.1 Å². The van der Waals surface area contributed by atoms with Crippen molar-refractivity contribution in [3.05, 3.63) is 101 Å². The van der Waals surface area contributed by atoms with Crippen LogP contribution in [0.2, 0.25) is 0 Å². The molecule has 0 radical (unpaired) electrons. The number of primary amides is 1. The summed E-state index contributed by atoms with van der Waals surface area (Å²) in [4.78, 5) is 27.2. The SMILES string of the molecule is NC(=O)c1cc(C(=O)CN(Cc2ccccc2)Cc2ccccc2)ccc1OCCCCO. The lowest BCUT2D eigenvalue weighted by atomic mass is 10.0. The first-order chi connectivity index (χ1) is 16.1. The van der Waals surface area contributed by atoms with E-state index in [-0.39, 0.29) is 24.5 Å². The van der Waals surface area contributed by atoms with E-state index in [0.717, 1.165) is 11.1 Å². The molecule has 1 amide bonds. The number of aliphatic hydroxyl groups excluding tert-OH is 1. The minimum absolute atomic E-state index is 0.0853. The zero-order valence-electron chi connectivity index (χ0n) is 18.7. The minimum atomic E-state index is -0.646. The third kappa shape index (κ3) is 7.56. The Balaban J connectivity index is 1.75. The Kier molecular flexibility index (Phi) is 9.18. The van der Waals surface area contributed by atoms with Gasteiger partial charge in [-0.05, 0) is 42.2 Å². The van der Waals surface area contributed by atoms with Gasteiger partial charge in [0.15, 0.2) is 5.78 Å². The van der Waals surface area contributed by atoms with Crippen LogP contribution in [0.1, 0.15) is 44.7 Å². The molecule has 0 unspecified atom stereocenters. The summed E-state index contributed by atoms with van der Waals surface area (Å²) in [5.41, 5.74) is 8.37. The van der Waals surface area contributed by atoms with E-state index in [0.29, 0.717) is 43.9 Å². The molecule has 6 heteroatoms. The Bertz CT molecular complexity index is 997. The van der Waals surface area contributed by atoms with Crippen LogP contribution in [-0.4, -0.2) is 41.5 Å². The number of carbonyl (C=O) groups excluding carboxylic acids is 2. The van der Waals surface area contributed by atoms with Crippen molar-refractivity contribution in [1.82, 2.24) is 4.90 Å². The Morgan fingerprint density at radius 1 is 0.848 bits per heavy atom. The van der Waals surface area contributed by atoms with Crippen LogP contribution in [0.4, 0.5) is 0 Å². The van der Waals surface area contributed by atoms with E-state index in [4.69, 9.17) is 15.6 Å². The Morgan fingerprint density at radius 2 is 1.45 bits per heavy atom. The highest BCUT2D eigenvalue weighted by Gasteiger charge is 2.18. The number of Topliss-reactive ketones (excluding diaryl/α,β-unsaturated/α-hetero) is 1. The van der Waals surface area contributed by atoms with Gasteiger partial charge in [0.1, 0.15) is 5.75 Å². The predicted octanol–water partition coefficient (Wildman–Crippen LogP) is 3.82. The number of aliphatic hydroxyl groups is 1. The summed E-state index contributed by atoms with van der Waals surface area (Å²) < 4.78 is 5.64. The number of unbranched alkanes of at least 4 members (excludes halogenated alkanes) is 1. The largest absolute Gasteiger partial charge is 0.493 e. The number of amides is 1. The third-order valence-corrected chi connectivity index (χ3v) is 5.24. The van der Waals surface area contributed by atoms with E-state index >= 15 is 0 Å². The molecule has 3 aromatic rings. The predicted molar refractivity (Wildman–Crippen MR) is 128 cm³/mol. The lowest BCUT2D eigenvalue weighted by Gasteiger charge is -2.22. The summed E-state index contributed by atoms with van der Waals surface area (Å²) in [6.07, 6.45) is 1.27. The second-order valence-corrected chi connectivity index (χ2v) is 7.89. The first kappa shape index (κ1) is 24.2. The normalized spacial score (nSPS) is 10.8. The lowest BCUT2D eigenvalue weighted by Crippen LogP contribution is -2.29. The van der Waals surface area contributed by atoms with Gasteiger partial charge in [-0.3, -0.25) is 14.5 Å². The molecule has 3 N–H and O–H groups in total. The highest BCUT2D eigenvalue weighted by atomic mass is 16.5. The van der Waals surface area contributed by atoms with Crippen molar-refractivity contribution in [1.29, 1.82) is 0 Å². The molecule has 0 spiro atoms. The van der Waals surface area contributed by atoms with Crippen molar-refractivity contribution in [2.24, 2.45) is 5.73 Å². The molecule has 3 rings (SSSR count). The number of carbonyl (C=O) groups is 2. The van der Waals surface area contributed by atoms with Gasteiger partial charge in [0.05, 0.1) is 18.7 Å². The summed E-state index contributed by atoms with van der Waals surface area (Å²) >= 11 is 0. The number of ether oxygens (including phenoxy) is 1. The van der Waals surface area contributed by atoms with E-state index in [1.165, 1.54) is 6.07 Å². The van der Waals surface area contributed by atoms with E-state index in [1.54, 1.807) is 12.1 Å². The lowest BCUT2D eigenvalue weighted by molar-refractivity contribution is 0.0920. The topological polar surface area (TPSA) is 92.9 Å². The monoisotopic (exact) mass is 446 g/mol. The third-order valence-electron chi connectivity index (χ3n) is 5.24. The van der Waals surface area contributed by atoms with Crippen LogP contribution in [0, 0.1) is 0 Å². The number of ketones is 1. The van der Waals surface area contributed by atoms with Gasteiger partial charge in [-0.25, -0.2) is 0 Å². The van der Waals surface area contributed by atoms with Gasteiger partial charge >= 0.3 is 0 Å². The fourth-order valence-electron chi connectivity index (χ4n) is 3.56. The highest BCUT2D eigenvalue weighted by molar-refractivity contribution is 6.02. The van der Waals surface area contributed by atoms with Gasteiger partial charge in [0.2, 0.25) is 0 Å². The van der Waals surface area contributed by atoms with Crippen molar-refractivity contribution >= 4 is 11.7 Å². The van der Waals surface area contributed by atoms with Crippen molar-refractivity contribution in [2.75, 3.05) is 19.8 Å². The molecule has 0 aliphatic heterocycles. The van der Waals surface area contributed by atoms with Crippen molar-refractivity contribution in [2.45, 2.75) is 25.9 Å². The summed E-state index contributed by atoms with van der Waals surface area (Å²) in [7, 11) is 0. The summed E-state index contributed by atoms with van der Waals surface area (Å²) in [5.74, 6) is -0.397. The molecule has 0 heterocycles. The fourth-order valence-corrected chi connectivity index (χ4v) is 3.56. The van der Waals surface area contributed by atoms with Gasteiger partial charge in [-0.2, -0.15) is 0 Å². The van der Waals surface area contributed by atoms with Gasteiger partial charge < -0.3 is 15.6 Å². The molecule has 3 aromatic carbocycles. The van der Waals surface area contributed by atoms with Crippen LogP contribution >= 0.6 is 0 Å². The van der Waals surface area contributed by atoms with E-state index in [9.17, 15) is 9.59 Å². The number of benzene rings is 3. The second kappa shape index (κ2) is 12.5. The molecule has 33 heavy (non-hydrogen) atoms. The summed E-state index contributed by atoms with van der Waals surface area (Å²) in [5, 5.41) is 8.89. The standard InChI is InChI=1S/C27H30N2O4/c28-27(32)24-17-23(13-14-26(24)33-16-8-7-15-30)25(31)20-29(18-21-9-3-1-4-10-21)19-22-11-5-2-6-12-22/h1-6,9-14,17,30H,7-8,15-16,18-20H2,(H2,28,32). The Labute approximate surface area is 194 Å². The Hall–Kier alpha value is -3.48. The molecule has 0 saturated heterocycles. The van der Waals surface area contributed by atoms with Crippen molar-refractivity contribution in [3.8, 4) is 5.75 Å². The van der Waals surface area contributed by atoms with Crippen LogP contribution in [0.25, 0.3) is 0 Å². The van der Waals surface area contributed by atoms with Gasteiger partial charge in [-0.1, -0.05) is 60.7 Å². The van der Waals surface area contributed by atoms with Crippen molar-refractivity contribution in [3.63, 3.8) is 0 Å². The molecular formula is C27H30N2O4. The Morgan fingerprint density at radius 3 is 2.00 bits per heavy atom. The van der Waals surface area contributed by atoms with Crippen LogP contribution in [0.15, 0.2) is 78.9 Å². The average Bonchev–Trinajstić information content (AvgIpc) is 2.83. The number of hydrogen-bond acceptors (Lipinski definition) is 5. The zero-order chi connectivity index (χ0) is 23.5. The summed E-state index contributed by atoms with van der Waals surface area (Å²) in [6, 6.07) is 24.8. The highest BCUT2D eigenvalue weighted by Crippen LogP contribution is 2.21. The van der Waals surface area contributed by atoms with Crippen molar-refractivity contribution < 1.29 is 19.4 Å². The quantitative estimate of drug-likeness (QED) is 0.308. The molecule has 0 atom stereocenters. The molecule has 0 aromatic heterocycles. The maximum absolute atomic E-state index is 13.2. The number of hydrogen-bond donors (Lipinski definition) is 2. The fraction of sp³-hybridized carbons (Fsp3) is 0.259. The van der Waals surface area contributed by atoms with E-state index < -0.39 is 5.91 Å². The van der Waals surface area contributed by atoms with Gasteiger partial charge in [-0.15, -0.1) is 0 Å². The van der Waals surface area contributed by atoms with Gasteiger partial charge in [0.25, 0.3) is 5.91 Å². The molecule has 6 nitrogen and oxygen atoms in total. The van der Waals surface area contributed by atoms with E-state index in [2.05, 4.69) is 4.90 Å². The molecule has 172 valence electrons. The smallest absolute Gasteiger partial charge is 0.252 e. The maximum atomic E-state index is 13.2. The zero-order valence-corrected chi connectivity index (χ0v) is 18.7. The molecular weight excluding hydrogens is 416 g/mol. The van der Waals surface area contributed by atoms with Gasteiger partial charge in [0, 0.05) is 25.3 Å². The van der Waals surface area contributed by atoms with Crippen LogP contribution in [0.5, 0.6) is 5.75 Å². The molecule has 0 bridgehead atoms. The number of nitrogens with two attached hydrogens (primary N) is 1. The first-order valence-electron chi connectivity index (χ1n) is 11.1. The molecule has 0 aliphatic carbocycles. The van der Waals surface area contributed by atoms with Crippen LogP contribution < -0.4 is 10.5 Å². The summed E-state index contributed by atoms with van der Waals surface area (Å²) in [6.45, 7) is 1.88. The molecule has 0 aliphatic rings. The number of nitrogens with zero attached hydrogens (tertiary/aromatic N) is 1. The molecule has 0 saturated carbocycles. The second-order valence-electron chi connectivity index (χ2n) is 7.89. The number of rotatable bonds is 13. The average molecular weight is 447 g/mol. The minimum Gasteiger partial charge on any atom is -0.493 e. The van der Waals surface area contributed by atoms with E-state index in [1.807, 2.05) is 60.7 Å². The molecule has 0 fully saturated rings. The maximum Gasteiger partial charge on any atom is 0.252 e. The van der Waals surface area contributed by atoms with Crippen LogP contribution in [0.3, 0.4) is 0 Å². The first-order valence-corrected chi connectivity index (χ1v) is 11.1.